The van der Waals surface area contributed by atoms with Gasteiger partial charge in [-0.15, -0.1) is 0 Å². The molecule has 0 bridgehead atoms. The number of carboxylic acids is 1. The molecule has 0 aliphatic carbocycles. The number of aliphatic carboxylic acids is 1. The summed E-state index contributed by atoms with van der Waals surface area (Å²) >= 11 is 6.09. The Balaban J connectivity index is 2.05. The van der Waals surface area contributed by atoms with Crippen molar-refractivity contribution in [3.8, 4) is 0 Å². The number of carbonyl (C=O) groups excluding carboxylic acids is 3. The fourth-order valence-corrected chi connectivity index (χ4v) is 3.89. The number of fused-ring (bicyclic) bond motifs is 2. The molecule has 0 radical (unpaired) electrons. The summed E-state index contributed by atoms with van der Waals surface area (Å²) in [5, 5.41) is 9.50. The number of imide groups is 1. The second-order valence-corrected chi connectivity index (χ2v) is 8.01. The van der Waals surface area contributed by atoms with Gasteiger partial charge in [0.2, 0.25) is 17.7 Å². The van der Waals surface area contributed by atoms with Crippen LogP contribution in [0.5, 0.6) is 0 Å². The van der Waals surface area contributed by atoms with Crippen LogP contribution in [-0.2, 0) is 24.6 Å². The number of likely N-dealkylation sites (tertiary alicyclic amines) is 1. The third kappa shape index (κ3) is 3.46. The van der Waals surface area contributed by atoms with Gasteiger partial charge in [0.25, 0.3) is 0 Å². The highest BCUT2D eigenvalue weighted by atomic mass is 35.5. The molecule has 8 heteroatoms. The number of hydrogen-bond donors (Lipinski definition) is 1. The van der Waals surface area contributed by atoms with E-state index in [0.717, 1.165) is 20.9 Å². The highest BCUT2D eigenvalue weighted by Gasteiger charge is 2.63. The molecule has 2 aliphatic heterocycles. The van der Waals surface area contributed by atoms with Crippen molar-refractivity contribution in [1.29, 1.82) is 0 Å². The first-order valence-corrected chi connectivity index (χ1v) is 9.45. The third-order valence-electron chi connectivity index (χ3n) is 5.05. The summed E-state index contributed by atoms with van der Waals surface area (Å²) < 4.78 is 0. The van der Waals surface area contributed by atoms with Gasteiger partial charge in [0.15, 0.2) is 5.41 Å². The number of carboxylic acid groups (broad SMARTS) is 1. The molecule has 1 spiro atoms. The lowest BCUT2D eigenvalue weighted by atomic mass is 9.80. The van der Waals surface area contributed by atoms with Crippen LogP contribution >= 0.6 is 11.6 Å². The Morgan fingerprint density at radius 3 is 2.38 bits per heavy atom. The molecule has 3 amide bonds. The van der Waals surface area contributed by atoms with Gasteiger partial charge in [-0.3, -0.25) is 29.0 Å². The van der Waals surface area contributed by atoms with E-state index in [1.807, 2.05) is 26.0 Å². The molecule has 29 heavy (non-hydrogen) atoms. The summed E-state index contributed by atoms with van der Waals surface area (Å²) in [5.74, 6) is -3.04. The largest absolute Gasteiger partial charge is 0.480 e. The van der Waals surface area contributed by atoms with Crippen LogP contribution < -0.4 is 4.90 Å². The predicted molar refractivity (Wildman–Crippen MR) is 108 cm³/mol. The van der Waals surface area contributed by atoms with E-state index in [0.29, 0.717) is 10.7 Å². The van der Waals surface area contributed by atoms with E-state index < -0.39 is 35.7 Å². The lowest BCUT2D eigenvalue weighted by Gasteiger charge is -2.22. The zero-order valence-corrected chi connectivity index (χ0v) is 17.1. The van der Waals surface area contributed by atoms with Crippen LogP contribution in [0, 0.1) is 0 Å². The van der Waals surface area contributed by atoms with Crippen LogP contribution in [0.25, 0.3) is 0 Å². The molecule has 7 nitrogen and oxygen atoms in total. The average molecular weight is 417 g/mol. The van der Waals surface area contributed by atoms with E-state index in [9.17, 15) is 24.3 Å². The summed E-state index contributed by atoms with van der Waals surface area (Å²) in [6, 6.07) is 4.50. The molecule has 0 saturated carbocycles. The van der Waals surface area contributed by atoms with Gasteiger partial charge in [0.1, 0.15) is 6.54 Å². The van der Waals surface area contributed by atoms with Gasteiger partial charge in [-0.2, -0.15) is 0 Å². The molecule has 1 saturated heterocycles. The monoisotopic (exact) mass is 416 g/mol. The Morgan fingerprint density at radius 2 is 1.76 bits per heavy atom. The molecule has 2 heterocycles. The van der Waals surface area contributed by atoms with Crippen molar-refractivity contribution in [1.82, 2.24) is 4.90 Å². The van der Waals surface area contributed by atoms with Crippen molar-refractivity contribution in [2.45, 2.75) is 32.6 Å². The van der Waals surface area contributed by atoms with E-state index in [1.54, 1.807) is 6.92 Å². The molecule has 1 aromatic rings. The minimum Gasteiger partial charge on any atom is -0.480 e. The molecule has 152 valence electrons. The summed E-state index contributed by atoms with van der Waals surface area (Å²) in [5.41, 5.74) is 0.663. The van der Waals surface area contributed by atoms with Crippen molar-refractivity contribution in [3.05, 3.63) is 52.1 Å². The minimum atomic E-state index is -1.76. The van der Waals surface area contributed by atoms with Gasteiger partial charge in [-0.05, 0) is 39.0 Å². The summed E-state index contributed by atoms with van der Waals surface area (Å²) in [6.45, 7) is 5.12. The van der Waals surface area contributed by atoms with E-state index in [-0.39, 0.29) is 18.5 Å². The number of nitrogens with zero attached hydrogens (tertiary/aromatic N) is 2. The van der Waals surface area contributed by atoms with Gasteiger partial charge < -0.3 is 5.11 Å². The molecule has 3 rings (SSSR count). The van der Waals surface area contributed by atoms with Crippen molar-refractivity contribution in [2.24, 2.45) is 0 Å². The van der Waals surface area contributed by atoms with E-state index in [4.69, 9.17) is 11.6 Å². The normalized spacial score (nSPS) is 21.2. The standard InChI is InChI=1S/C21H21ClN2O5/c1-12(2)4-5-13(3)10-24-17(25)9-21(20(24)29)15-8-14(22)6-7-16(15)23(19(21)28)11-18(26)27/h4-8H,9-11H2,1-3H3,(H,26,27)/b13-5+. The second kappa shape index (κ2) is 7.48. The van der Waals surface area contributed by atoms with Crippen LogP contribution in [0.1, 0.15) is 32.8 Å². The van der Waals surface area contributed by atoms with Gasteiger partial charge in [-0.25, -0.2) is 0 Å². The summed E-state index contributed by atoms with van der Waals surface area (Å²) in [6.07, 6.45) is 3.35. The summed E-state index contributed by atoms with van der Waals surface area (Å²) in [7, 11) is 0. The maximum atomic E-state index is 13.4. The highest BCUT2D eigenvalue weighted by molar-refractivity contribution is 6.33. The van der Waals surface area contributed by atoms with Crippen molar-refractivity contribution in [3.63, 3.8) is 0 Å². The van der Waals surface area contributed by atoms with Crippen LogP contribution in [-0.4, -0.2) is 46.8 Å². The number of allylic oxidation sites excluding steroid dienone is 3. The lowest BCUT2D eigenvalue weighted by molar-refractivity contribution is -0.142. The molecule has 1 atom stereocenters. The predicted octanol–water partition coefficient (Wildman–Crippen LogP) is 2.68. The van der Waals surface area contributed by atoms with E-state index >= 15 is 0 Å². The third-order valence-corrected chi connectivity index (χ3v) is 5.28. The molecule has 2 aliphatic rings. The number of hydrogen-bond acceptors (Lipinski definition) is 4. The fourth-order valence-electron chi connectivity index (χ4n) is 3.72. The van der Waals surface area contributed by atoms with E-state index in [2.05, 4.69) is 0 Å². The smallest absolute Gasteiger partial charge is 0.323 e. The van der Waals surface area contributed by atoms with Crippen molar-refractivity contribution in [2.75, 3.05) is 18.0 Å². The SMILES string of the molecule is CC(C)=C/C=C(\C)CN1C(=O)CC2(C1=O)C(=O)N(CC(=O)O)c1ccc(Cl)cc12. The minimum absolute atomic E-state index is 0.0608. The van der Waals surface area contributed by atoms with Crippen LogP contribution in [0.15, 0.2) is 41.5 Å². The summed E-state index contributed by atoms with van der Waals surface area (Å²) in [4.78, 5) is 52.7. The molecule has 1 aromatic carbocycles. The maximum absolute atomic E-state index is 13.4. The Morgan fingerprint density at radius 1 is 1.10 bits per heavy atom. The first-order valence-electron chi connectivity index (χ1n) is 9.07. The molecular weight excluding hydrogens is 396 g/mol. The van der Waals surface area contributed by atoms with Crippen molar-refractivity contribution >= 4 is 41.0 Å². The maximum Gasteiger partial charge on any atom is 0.323 e. The number of anilines is 1. The number of amides is 3. The fraction of sp³-hybridized carbons (Fsp3) is 0.333. The van der Waals surface area contributed by atoms with Crippen LogP contribution in [0.3, 0.4) is 0 Å². The first kappa shape index (κ1) is 20.8. The lowest BCUT2D eigenvalue weighted by Crippen LogP contribution is -2.47. The topological polar surface area (TPSA) is 95.0 Å². The van der Waals surface area contributed by atoms with Crippen LogP contribution in [0.4, 0.5) is 5.69 Å². The Kier molecular flexibility index (Phi) is 5.36. The number of benzene rings is 1. The number of halogens is 1. The molecule has 0 aromatic heterocycles. The molecule has 1 fully saturated rings. The number of rotatable bonds is 5. The quantitative estimate of drug-likeness (QED) is 0.452. The Bertz CT molecular complexity index is 993. The van der Waals surface area contributed by atoms with Gasteiger partial charge in [-0.1, -0.05) is 34.9 Å². The van der Waals surface area contributed by atoms with Crippen LogP contribution in [0.2, 0.25) is 5.02 Å². The first-order chi connectivity index (χ1) is 13.6. The average Bonchev–Trinajstić information content (AvgIpc) is 3.01. The zero-order chi connectivity index (χ0) is 21.5. The van der Waals surface area contributed by atoms with Gasteiger partial charge in [0, 0.05) is 22.8 Å². The number of carbonyl (C=O) groups is 4. The molecular formula is C21H21ClN2O5. The second-order valence-electron chi connectivity index (χ2n) is 7.57. The van der Waals surface area contributed by atoms with E-state index in [1.165, 1.54) is 18.2 Å². The molecule has 1 N–H and O–H groups in total. The Labute approximate surface area is 173 Å². The highest BCUT2D eigenvalue weighted by Crippen LogP contribution is 2.49. The van der Waals surface area contributed by atoms with Gasteiger partial charge in [0.05, 0.1) is 6.42 Å². The molecule has 1 unspecified atom stereocenters. The zero-order valence-electron chi connectivity index (χ0n) is 16.4. The van der Waals surface area contributed by atoms with Gasteiger partial charge >= 0.3 is 5.97 Å². The Hall–Kier alpha value is -2.93. The van der Waals surface area contributed by atoms with Crippen molar-refractivity contribution < 1.29 is 24.3 Å².